The Bertz CT molecular complexity index is 494. The molecule has 0 aliphatic rings. The number of carbonyl (C=O) groups is 1. The molecular formula is C13H21IN4O3. The summed E-state index contributed by atoms with van der Waals surface area (Å²) < 4.78 is 10.3. The number of carbonyl (C=O) groups excluding carboxylic acids is 1. The normalized spacial score (nSPS) is 10.3. The number of guanidine groups is 1. The summed E-state index contributed by atoms with van der Waals surface area (Å²) in [4.78, 5) is 14.8. The Morgan fingerprint density at radius 1 is 1.29 bits per heavy atom. The molecular weight excluding hydrogens is 387 g/mol. The zero-order valence-corrected chi connectivity index (χ0v) is 14.6. The van der Waals surface area contributed by atoms with Gasteiger partial charge in [-0.05, 0) is 12.1 Å². The smallest absolute Gasteiger partial charge is 0.216 e. The van der Waals surface area contributed by atoms with E-state index in [1.54, 1.807) is 32.4 Å². The Labute approximate surface area is 141 Å². The first kappa shape index (κ1) is 19.3. The van der Waals surface area contributed by atoms with Gasteiger partial charge in [0.15, 0.2) is 17.5 Å². The SMILES string of the molecule is COc1ccc(NC(N)=NCCNC(C)=O)cc1OC.I. The summed E-state index contributed by atoms with van der Waals surface area (Å²) in [6.07, 6.45) is 0. The third-order valence-corrected chi connectivity index (χ3v) is 2.42. The zero-order valence-electron chi connectivity index (χ0n) is 12.3. The van der Waals surface area contributed by atoms with E-state index in [0.29, 0.717) is 24.6 Å². The average molecular weight is 408 g/mol. The van der Waals surface area contributed by atoms with Gasteiger partial charge in [-0.3, -0.25) is 9.79 Å². The first-order chi connectivity index (χ1) is 9.56. The number of nitrogens with zero attached hydrogens (tertiary/aromatic N) is 1. The molecule has 0 saturated carbocycles. The van der Waals surface area contributed by atoms with Gasteiger partial charge >= 0.3 is 0 Å². The number of hydrogen-bond acceptors (Lipinski definition) is 4. The van der Waals surface area contributed by atoms with E-state index >= 15 is 0 Å². The number of ether oxygens (including phenoxy) is 2. The van der Waals surface area contributed by atoms with E-state index in [1.165, 1.54) is 6.92 Å². The lowest BCUT2D eigenvalue weighted by molar-refractivity contribution is -0.118. The van der Waals surface area contributed by atoms with Crippen LogP contribution in [0.15, 0.2) is 23.2 Å². The van der Waals surface area contributed by atoms with E-state index in [2.05, 4.69) is 15.6 Å². The van der Waals surface area contributed by atoms with Crippen molar-refractivity contribution in [2.75, 3.05) is 32.6 Å². The zero-order chi connectivity index (χ0) is 15.0. The molecule has 0 unspecified atom stereocenters. The maximum absolute atomic E-state index is 10.7. The number of nitrogens with one attached hydrogen (secondary N) is 2. The highest BCUT2D eigenvalue weighted by Crippen LogP contribution is 2.29. The average Bonchev–Trinajstić information content (AvgIpc) is 2.43. The van der Waals surface area contributed by atoms with Gasteiger partial charge in [-0.15, -0.1) is 24.0 Å². The summed E-state index contributed by atoms with van der Waals surface area (Å²) in [5.41, 5.74) is 6.48. The monoisotopic (exact) mass is 408 g/mol. The van der Waals surface area contributed by atoms with Crippen LogP contribution >= 0.6 is 24.0 Å². The van der Waals surface area contributed by atoms with Crippen LogP contribution in [0, 0.1) is 0 Å². The molecule has 1 aromatic carbocycles. The Kier molecular flexibility index (Phi) is 9.26. The van der Waals surface area contributed by atoms with E-state index in [-0.39, 0.29) is 35.8 Å². The van der Waals surface area contributed by atoms with Crippen LogP contribution in [0.1, 0.15) is 6.92 Å². The molecule has 21 heavy (non-hydrogen) atoms. The molecule has 1 rings (SSSR count). The summed E-state index contributed by atoms with van der Waals surface area (Å²) in [5.74, 6) is 1.41. The fourth-order valence-electron chi connectivity index (χ4n) is 1.51. The molecule has 0 radical (unpaired) electrons. The molecule has 1 aromatic rings. The Hall–Kier alpha value is -1.71. The largest absolute Gasteiger partial charge is 0.493 e. The van der Waals surface area contributed by atoms with Gasteiger partial charge in [0.1, 0.15) is 0 Å². The minimum Gasteiger partial charge on any atom is -0.493 e. The van der Waals surface area contributed by atoms with Gasteiger partial charge in [0.25, 0.3) is 0 Å². The van der Waals surface area contributed by atoms with Crippen molar-refractivity contribution in [2.45, 2.75) is 6.92 Å². The fraction of sp³-hybridized carbons (Fsp3) is 0.385. The number of nitrogens with two attached hydrogens (primary N) is 1. The molecule has 0 spiro atoms. The van der Waals surface area contributed by atoms with Crippen LogP contribution in [-0.4, -0.2) is 39.2 Å². The van der Waals surface area contributed by atoms with Crippen molar-refractivity contribution in [3.8, 4) is 11.5 Å². The molecule has 0 aliphatic carbocycles. The van der Waals surface area contributed by atoms with Crippen LogP contribution in [0.5, 0.6) is 11.5 Å². The molecule has 0 saturated heterocycles. The van der Waals surface area contributed by atoms with Gasteiger partial charge in [-0.1, -0.05) is 0 Å². The molecule has 0 fully saturated rings. The Morgan fingerprint density at radius 2 is 1.95 bits per heavy atom. The van der Waals surface area contributed by atoms with Crippen LogP contribution in [0.2, 0.25) is 0 Å². The number of amides is 1. The van der Waals surface area contributed by atoms with Crippen LogP contribution < -0.4 is 25.8 Å². The minimum atomic E-state index is -0.0911. The molecule has 0 aliphatic heterocycles. The van der Waals surface area contributed by atoms with Gasteiger partial charge in [-0.25, -0.2) is 0 Å². The van der Waals surface area contributed by atoms with Crippen LogP contribution in [-0.2, 0) is 4.79 Å². The molecule has 4 N–H and O–H groups in total. The maximum atomic E-state index is 10.7. The van der Waals surface area contributed by atoms with E-state index < -0.39 is 0 Å². The number of hydrogen-bond donors (Lipinski definition) is 3. The van der Waals surface area contributed by atoms with E-state index in [4.69, 9.17) is 15.2 Å². The van der Waals surface area contributed by atoms with E-state index in [1.807, 2.05) is 0 Å². The highest BCUT2D eigenvalue weighted by Gasteiger charge is 2.04. The fourth-order valence-corrected chi connectivity index (χ4v) is 1.51. The van der Waals surface area contributed by atoms with Crippen molar-refractivity contribution in [3.63, 3.8) is 0 Å². The highest BCUT2D eigenvalue weighted by atomic mass is 127. The van der Waals surface area contributed by atoms with Gasteiger partial charge < -0.3 is 25.8 Å². The Balaban J connectivity index is 0.00000400. The van der Waals surface area contributed by atoms with Gasteiger partial charge in [0.05, 0.1) is 20.8 Å². The second-order valence-corrected chi connectivity index (χ2v) is 3.94. The molecule has 0 heterocycles. The molecule has 7 nitrogen and oxygen atoms in total. The lowest BCUT2D eigenvalue weighted by Gasteiger charge is -2.10. The first-order valence-corrected chi connectivity index (χ1v) is 6.10. The number of aliphatic imine (C=N–C) groups is 1. The summed E-state index contributed by atoms with van der Waals surface area (Å²) in [5, 5.41) is 5.57. The van der Waals surface area contributed by atoms with Crippen molar-refractivity contribution in [1.82, 2.24) is 5.32 Å². The van der Waals surface area contributed by atoms with E-state index in [9.17, 15) is 4.79 Å². The number of rotatable bonds is 6. The third kappa shape index (κ3) is 7.02. The van der Waals surface area contributed by atoms with Crippen LogP contribution in [0.4, 0.5) is 5.69 Å². The number of benzene rings is 1. The Morgan fingerprint density at radius 3 is 2.52 bits per heavy atom. The number of halogens is 1. The topological polar surface area (TPSA) is 98.0 Å². The molecule has 8 heteroatoms. The summed E-state index contributed by atoms with van der Waals surface area (Å²) in [7, 11) is 3.13. The summed E-state index contributed by atoms with van der Waals surface area (Å²) in [6.45, 7) is 2.31. The second-order valence-electron chi connectivity index (χ2n) is 3.94. The quantitative estimate of drug-likeness (QED) is 0.284. The highest BCUT2D eigenvalue weighted by molar-refractivity contribution is 14.0. The number of methoxy groups -OCH3 is 2. The van der Waals surface area contributed by atoms with Crippen LogP contribution in [0.25, 0.3) is 0 Å². The minimum absolute atomic E-state index is 0. The van der Waals surface area contributed by atoms with Crippen molar-refractivity contribution in [2.24, 2.45) is 10.7 Å². The molecule has 118 valence electrons. The molecule has 0 bridgehead atoms. The standard InChI is InChI=1S/C13H20N4O3.HI/c1-9(18)15-6-7-16-13(14)17-10-4-5-11(19-2)12(8-10)20-3;/h4-5,8H,6-7H2,1-3H3,(H,15,18)(H3,14,16,17);1H. The van der Waals surface area contributed by atoms with Gasteiger partial charge in [0.2, 0.25) is 5.91 Å². The second kappa shape index (κ2) is 10.1. The predicted molar refractivity (Wildman–Crippen MR) is 93.8 cm³/mol. The molecule has 1 amide bonds. The lowest BCUT2D eigenvalue weighted by Crippen LogP contribution is -2.26. The van der Waals surface area contributed by atoms with Crippen molar-refractivity contribution in [1.29, 1.82) is 0 Å². The van der Waals surface area contributed by atoms with Crippen molar-refractivity contribution >= 4 is 41.5 Å². The molecule has 0 aromatic heterocycles. The van der Waals surface area contributed by atoms with E-state index in [0.717, 1.165) is 5.69 Å². The first-order valence-electron chi connectivity index (χ1n) is 6.10. The predicted octanol–water partition coefficient (Wildman–Crippen LogP) is 1.18. The molecule has 0 atom stereocenters. The van der Waals surface area contributed by atoms with Gasteiger partial charge in [-0.2, -0.15) is 0 Å². The summed E-state index contributed by atoms with van der Waals surface area (Å²) >= 11 is 0. The maximum Gasteiger partial charge on any atom is 0.216 e. The number of anilines is 1. The van der Waals surface area contributed by atoms with Crippen LogP contribution in [0.3, 0.4) is 0 Å². The van der Waals surface area contributed by atoms with Gasteiger partial charge in [0, 0.05) is 25.2 Å². The lowest BCUT2D eigenvalue weighted by atomic mass is 10.3. The summed E-state index contributed by atoms with van der Waals surface area (Å²) in [6, 6.07) is 5.33. The van der Waals surface area contributed by atoms with Crippen molar-refractivity contribution in [3.05, 3.63) is 18.2 Å². The third-order valence-electron chi connectivity index (χ3n) is 2.42. The van der Waals surface area contributed by atoms with Crippen molar-refractivity contribution < 1.29 is 14.3 Å².